The van der Waals surface area contributed by atoms with Gasteiger partial charge in [-0.05, 0) is 13.3 Å². The van der Waals surface area contributed by atoms with Gasteiger partial charge in [0.1, 0.15) is 11.0 Å². The van der Waals surface area contributed by atoms with Crippen molar-refractivity contribution < 1.29 is 4.74 Å². The van der Waals surface area contributed by atoms with Crippen LogP contribution in [-0.2, 0) is 4.74 Å². The maximum absolute atomic E-state index is 5.84. The van der Waals surface area contributed by atoms with E-state index in [1.54, 1.807) is 12.4 Å². The van der Waals surface area contributed by atoms with Gasteiger partial charge in [-0.15, -0.1) is 0 Å². The molecule has 0 N–H and O–H groups in total. The molecule has 1 aromatic rings. The van der Waals surface area contributed by atoms with Crippen LogP contribution < -0.4 is 4.90 Å². The van der Waals surface area contributed by atoms with E-state index in [0.717, 1.165) is 31.9 Å². The molecule has 2 heterocycles. The van der Waals surface area contributed by atoms with E-state index in [9.17, 15) is 0 Å². The van der Waals surface area contributed by atoms with Crippen molar-refractivity contribution >= 4 is 17.4 Å². The van der Waals surface area contributed by atoms with Crippen LogP contribution in [0.5, 0.6) is 0 Å². The second-order valence-corrected chi connectivity index (χ2v) is 4.66. The molecule has 1 fully saturated rings. The summed E-state index contributed by atoms with van der Waals surface area (Å²) in [6.07, 6.45) is 4.27. The molecule has 0 bridgehead atoms. The van der Waals surface area contributed by atoms with Gasteiger partial charge in [-0.25, -0.2) is 4.98 Å². The van der Waals surface area contributed by atoms with Gasteiger partial charge in [-0.3, -0.25) is 4.98 Å². The monoisotopic (exact) mass is 241 g/mol. The Morgan fingerprint density at radius 3 is 3.06 bits per heavy atom. The van der Waals surface area contributed by atoms with Crippen LogP contribution >= 0.6 is 11.6 Å². The molecule has 0 spiro atoms. The highest BCUT2D eigenvalue weighted by atomic mass is 35.5. The lowest BCUT2D eigenvalue weighted by atomic mass is 10.0. The van der Waals surface area contributed by atoms with Gasteiger partial charge < -0.3 is 9.64 Å². The van der Waals surface area contributed by atoms with Crippen molar-refractivity contribution in [2.75, 3.05) is 24.6 Å². The van der Waals surface area contributed by atoms with E-state index in [2.05, 4.69) is 28.7 Å². The highest BCUT2D eigenvalue weighted by Gasteiger charge is 2.30. The Morgan fingerprint density at radius 2 is 2.38 bits per heavy atom. The van der Waals surface area contributed by atoms with Gasteiger partial charge in [-0.2, -0.15) is 0 Å². The highest BCUT2D eigenvalue weighted by Crippen LogP contribution is 2.24. The first-order chi connectivity index (χ1) is 7.63. The number of anilines is 1. The third-order valence-electron chi connectivity index (χ3n) is 3.00. The van der Waals surface area contributed by atoms with Crippen LogP contribution in [0.15, 0.2) is 12.4 Å². The van der Waals surface area contributed by atoms with E-state index in [1.807, 2.05) is 0 Å². The Labute approximate surface area is 101 Å². The first kappa shape index (κ1) is 11.6. The fourth-order valence-corrected chi connectivity index (χ4v) is 1.97. The summed E-state index contributed by atoms with van der Waals surface area (Å²) in [6.45, 7) is 6.64. The Bertz CT molecular complexity index is 374. The molecule has 2 rings (SSSR count). The quantitative estimate of drug-likeness (QED) is 0.795. The molecule has 5 heteroatoms. The molecule has 88 valence electrons. The van der Waals surface area contributed by atoms with Crippen molar-refractivity contribution in [1.29, 1.82) is 0 Å². The molecule has 0 amide bonds. The van der Waals surface area contributed by atoms with Crippen molar-refractivity contribution in [2.24, 2.45) is 0 Å². The van der Waals surface area contributed by atoms with Crippen molar-refractivity contribution in [3.8, 4) is 0 Å². The van der Waals surface area contributed by atoms with Gasteiger partial charge in [-0.1, -0.05) is 18.5 Å². The number of aromatic nitrogens is 2. The molecule has 1 unspecified atom stereocenters. The van der Waals surface area contributed by atoms with Gasteiger partial charge in [0, 0.05) is 13.1 Å². The lowest BCUT2D eigenvalue weighted by Gasteiger charge is -2.40. The summed E-state index contributed by atoms with van der Waals surface area (Å²) in [5.74, 6) is 0.829. The maximum atomic E-state index is 5.84. The van der Waals surface area contributed by atoms with Gasteiger partial charge in [0.05, 0.1) is 24.6 Å². The standard InChI is InChI=1S/C11H16ClN3O/c1-3-11(2)8-15(4-5-16-11)10-7-13-6-9(12)14-10/h6-7H,3-5,8H2,1-2H3. The molecule has 0 saturated carbocycles. The number of rotatable bonds is 2. The van der Waals surface area contributed by atoms with Gasteiger partial charge in [0.25, 0.3) is 0 Å². The zero-order valence-electron chi connectivity index (χ0n) is 9.61. The number of morpholine rings is 1. The smallest absolute Gasteiger partial charge is 0.149 e. The fraction of sp³-hybridized carbons (Fsp3) is 0.636. The summed E-state index contributed by atoms with van der Waals surface area (Å²) in [7, 11) is 0. The molecular weight excluding hydrogens is 226 g/mol. The fourth-order valence-electron chi connectivity index (χ4n) is 1.83. The van der Waals surface area contributed by atoms with E-state index >= 15 is 0 Å². The number of halogens is 1. The molecular formula is C11H16ClN3O. The summed E-state index contributed by atoms with van der Waals surface area (Å²) in [4.78, 5) is 10.5. The molecule has 1 aliphatic heterocycles. The number of hydrogen-bond donors (Lipinski definition) is 0. The predicted octanol–water partition coefficient (Wildman–Crippen LogP) is 2.14. The first-order valence-electron chi connectivity index (χ1n) is 5.49. The average molecular weight is 242 g/mol. The molecule has 1 aromatic heterocycles. The van der Waals surface area contributed by atoms with Crippen LogP contribution in [0.25, 0.3) is 0 Å². The van der Waals surface area contributed by atoms with Gasteiger partial charge >= 0.3 is 0 Å². The molecule has 1 atom stereocenters. The maximum Gasteiger partial charge on any atom is 0.149 e. The number of ether oxygens (including phenoxy) is 1. The van der Waals surface area contributed by atoms with Crippen molar-refractivity contribution in [1.82, 2.24) is 9.97 Å². The molecule has 0 radical (unpaired) electrons. The third-order valence-corrected chi connectivity index (χ3v) is 3.18. The third kappa shape index (κ3) is 2.44. The van der Waals surface area contributed by atoms with Crippen molar-refractivity contribution in [3.63, 3.8) is 0 Å². The number of hydrogen-bond acceptors (Lipinski definition) is 4. The lowest BCUT2D eigenvalue weighted by molar-refractivity contribution is -0.0443. The van der Waals surface area contributed by atoms with E-state index in [1.165, 1.54) is 0 Å². The minimum absolute atomic E-state index is 0.0950. The van der Waals surface area contributed by atoms with Gasteiger partial charge in [0.2, 0.25) is 0 Å². The predicted molar refractivity (Wildman–Crippen MR) is 63.9 cm³/mol. The zero-order valence-corrected chi connectivity index (χ0v) is 10.4. The van der Waals surface area contributed by atoms with Crippen LogP contribution in [0.4, 0.5) is 5.82 Å². The Hall–Kier alpha value is -0.870. The molecule has 0 aliphatic carbocycles. The minimum atomic E-state index is -0.0950. The van der Waals surface area contributed by atoms with E-state index < -0.39 is 0 Å². The highest BCUT2D eigenvalue weighted by molar-refractivity contribution is 6.29. The van der Waals surface area contributed by atoms with Gasteiger partial charge in [0.15, 0.2) is 0 Å². The Morgan fingerprint density at radius 1 is 1.56 bits per heavy atom. The largest absolute Gasteiger partial charge is 0.372 e. The summed E-state index contributed by atoms with van der Waals surface area (Å²) in [5, 5.41) is 0.433. The second kappa shape index (κ2) is 4.55. The minimum Gasteiger partial charge on any atom is -0.372 e. The second-order valence-electron chi connectivity index (χ2n) is 4.27. The van der Waals surface area contributed by atoms with Crippen LogP contribution in [0, 0.1) is 0 Å². The summed E-state index contributed by atoms with van der Waals surface area (Å²) < 4.78 is 5.77. The summed E-state index contributed by atoms with van der Waals surface area (Å²) in [6, 6.07) is 0. The SMILES string of the molecule is CCC1(C)CN(c2cncc(Cl)n2)CCO1. The summed E-state index contributed by atoms with van der Waals surface area (Å²) >= 11 is 5.84. The van der Waals surface area contributed by atoms with Crippen LogP contribution in [-0.4, -0.2) is 35.3 Å². The van der Waals surface area contributed by atoms with E-state index in [0.29, 0.717) is 5.15 Å². The number of nitrogens with zero attached hydrogens (tertiary/aromatic N) is 3. The van der Waals surface area contributed by atoms with E-state index in [-0.39, 0.29) is 5.60 Å². The molecule has 1 saturated heterocycles. The Balaban J connectivity index is 2.16. The first-order valence-corrected chi connectivity index (χ1v) is 5.87. The van der Waals surface area contributed by atoms with Crippen molar-refractivity contribution in [3.05, 3.63) is 17.5 Å². The molecule has 1 aliphatic rings. The molecule has 4 nitrogen and oxygen atoms in total. The average Bonchev–Trinajstić information content (AvgIpc) is 2.29. The normalized spacial score (nSPS) is 25.8. The van der Waals surface area contributed by atoms with Crippen LogP contribution in [0.2, 0.25) is 5.15 Å². The zero-order chi connectivity index (χ0) is 11.6. The molecule has 16 heavy (non-hydrogen) atoms. The topological polar surface area (TPSA) is 38.2 Å². The lowest BCUT2D eigenvalue weighted by Crippen LogP contribution is -2.50. The van der Waals surface area contributed by atoms with Crippen molar-refractivity contribution in [2.45, 2.75) is 25.9 Å². The van der Waals surface area contributed by atoms with Crippen LogP contribution in [0.3, 0.4) is 0 Å². The van der Waals surface area contributed by atoms with E-state index in [4.69, 9.17) is 16.3 Å². The summed E-state index contributed by atoms with van der Waals surface area (Å²) in [5.41, 5.74) is -0.0950. The Kier molecular flexibility index (Phi) is 3.30. The van der Waals surface area contributed by atoms with Crippen LogP contribution in [0.1, 0.15) is 20.3 Å². The molecule has 0 aromatic carbocycles.